The number of rotatable bonds is 3. The largest absolute Gasteiger partial charge is 0.399 e. The van der Waals surface area contributed by atoms with E-state index in [2.05, 4.69) is 15.4 Å². The van der Waals surface area contributed by atoms with Crippen molar-refractivity contribution in [2.75, 3.05) is 12.8 Å². The summed E-state index contributed by atoms with van der Waals surface area (Å²) in [7, 11) is 1.58. The molecule has 88 valence electrons. The third-order valence-corrected chi connectivity index (χ3v) is 2.27. The van der Waals surface area contributed by atoms with Gasteiger partial charge in [0.1, 0.15) is 12.9 Å². The Morgan fingerprint density at radius 2 is 2.35 bits per heavy atom. The number of carbonyl (C=O) groups excluding carboxylic acids is 1. The Morgan fingerprint density at radius 1 is 1.53 bits per heavy atom. The lowest BCUT2D eigenvalue weighted by molar-refractivity contribution is -0.121. The van der Waals surface area contributed by atoms with E-state index >= 15 is 0 Å². The molecule has 1 aromatic heterocycles. The molecule has 0 aliphatic carbocycles. The van der Waals surface area contributed by atoms with Gasteiger partial charge in [-0.1, -0.05) is 12.1 Å². The molecule has 1 heterocycles. The molecule has 6 nitrogen and oxygen atoms in total. The van der Waals surface area contributed by atoms with Crippen molar-refractivity contribution >= 4 is 11.6 Å². The van der Waals surface area contributed by atoms with Gasteiger partial charge in [0.15, 0.2) is 5.82 Å². The second-order valence-electron chi connectivity index (χ2n) is 3.56. The van der Waals surface area contributed by atoms with Gasteiger partial charge in [-0.15, -0.1) is 0 Å². The molecule has 0 spiro atoms. The fourth-order valence-electron chi connectivity index (χ4n) is 1.41. The van der Waals surface area contributed by atoms with Gasteiger partial charge in [0, 0.05) is 18.3 Å². The minimum atomic E-state index is -0.117. The summed E-state index contributed by atoms with van der Waals surface area (Å²) < 4.78 is 1.48. The fraction of sp³-hybridized carbons (Fsp3) is 0.182. The highest BCUT2D eigenvalue weighted by Crippen LogP contribution is 2.16. The average molecular weight is 231 g/mol. The van der Waals surface area contributed by atoms with E-state index in [1.54, 1.807) is 19.2 Å². The van der Waals surface area contributed by atoms with Crippen LogP contribution in [0.25, 0.3) is 11.4 Å². The molecule has 0 fully saturated rings. The van der Waals surface area contributed by atoms with Gasteiger partial charge < -0.3 is 11.1 Å². The number of aromatic nitrogens is 3. The molecule has 1 aromatic carbocycles. The Hall–Kier alpha value is -2.37. The number of nitrogens with one attached hydrogen (secondary N) is 1. The van der Waals surface area contributed by atoms with Crippen LogP contribution in [-0.2, 0) is 11.3 Å². The van der Waals surface area contributed by atoms with E-state index in [0.717, 1.165) is 5.56 Å². The fourth-order valence-corrected chi connectivity index (χ4v) is 1.41. The van der Waals surface area contributed by atoms with Crippen LogP contribution in [0.2, 0.25) is 0 Å². The number of amides is 1. The third-order valence-electron chi connectivity index (χ3n) is 2.27. The maximum Gasteiger partial charge on any atom is 0.241 e. The summed E-state index contributed by atoms with van der Waals surface area (Å²) in [4.78, 5) is 15.3. The summed E-state index contributed by atoms with van der Waals surface area (Å²) in [6.07, 6.45) is 1.52. The second-order valence-corrected chi connectivity index (χ2v) is 3.56. The standard InChI is InChI=1S/C11H13N5O/c1-13-10(17)6-16-7-14-11(15-16)8-3-2-4-9(12)5-8/h2-5,7H,6,12H2,1H3,(H,13,17). The zero-order chi connectivity index (χ0) is 12.3. The Morgan fingerprint density at radius 3 is 3.06 bits per heavy atom. The molecule has 0 aliphatic rings. The molecule has 1 amide bonds. The van der Waals surface area contributed by atoms with Crippen LogP contribution in [0.5, 0.6) is 0 Å². The van der Waals surface area contributed by atoms with Gasteiger partial charge in [-0.05, 0) is 12.1 Å². The number of nitrogens with two attached hydrogens (primary N) is 1. The molecule has 0 unspecified atom stereocenters. The van der Waals surface area contributed by atoms with Crippen molar-refractivity contribution in [1.82, 2.24) is 20.1 Å². The monoisotopic (exact) mass is 231 g/mol. The minimum Gasteiger partial charge on any atom is -0.399 e. The Bertz CT molecular complexity index is 534. The number of benzene rings is 1. The van der Waals surface area contributed by atoms with Crippen molar-refractivity contribution in [2.45, 2.75) is 6.54 Å². The van der Waals surface area contributed by atoms with E-state index in [1.165, 1.54) is 11.0 Å². The highest BCUT2D eigenvalue weighted by Gasteiger charge is 2.06. The summed E-state index contributed by atoms with van der Waals surface area (Å²) in [6, 6.07) is 7.30. The van der Waals surface area contributed by atoms with E-state index in [1.807, 2.05) is 12.1 Å². The molecule has 2 aromatic rings. The van der Waals surface area contributed by atoms with E-state index in [0.29, 0.717) is 11.5 Å². The van der Waals surface area contributed by atoms with Crippen molar-refractivity contribution in [1.29, 1.82) is 0 Å². The Labute approximate surface area is 98.5 Å². The van der Waals surface area contributed by atoms with E-state index in [4.69, 9.17) is 5.73 Å². The maximum atomic E-state index is 11.2. The number of anilines is 1. The van der Waals surface area contributed by atoms with Crippen molar-refractivity contribution in [3.05, 3.63) is 30.6 Å². The highest BCUT2D eigenvalue weighted by atomic mass is 16.1. The molecule has 0 radical (unpaired) electrons. The SMILES string of the molecule is CNC(=O)Cn1cnc(-c2cccc(N)c2)n1. The van der Waals surface area contributed by atoms with Crippen LogP contribution in [0.4, 0.5) is 5.69 Å². The van der Waals surface area contributed by atoms with Crippen molar-refractivity contribution < 1.29 is 4.79 Å². The highest BCUT2D eigenvalue weighted by molar-refractivity contribution is 5.75. The second kappa shape index (κ2) is 4.65. The van der Waals surface area contributed by atoms with Gasteiger partial charge in [0.25, 0.3) is 0 Å². The topological polar surface area (TPSA) is 85.8 Å². The molecule has 0 aliphatic heterocycles. The van der Waals surface area contributed by atoms with Crippen molar-refractivity contribution in [3.8, 4) is 11.4 Å². The first kappa shape index (κ1) is 11.1. The molecule has 17 heavy (non-hydrogen) atoms. The first-order chi connectivity index (χ1) is 8.19. The summed E-state index contributed by atoms with van der Waals surface area (Å²) in [6.45, 7) is 0.159. The predicted molar refractivity (Wildman–Crippen MR) is 63.9 cm³/mol. The Kier molecular flexibility index (Phi) is 3.04. The van der Waals surface area contributed by atoms with E-state index in [9.17, 15) is 4.79 Å². The van der Waals surface area contributed by atoms with E-state index in [-0.39, 0.29) is 12.5 Å². The maximum absolute atomic E-state index is 11.2. The molecule has 2 rings (SSSR count). The molecule has 3 N–H and O–H groups in total. The Balaban J connectivity index is 2.21. The number of nitrogens with zero attached hydrogens (tertiary/aromatic N) is 3. The van der Waals surface area contributed by atoms with Crippen LogP contribution < -0.4 is 11.1 Å². The molecule has 0 saturated carbocycles. The molecular formula is C11H13N5O. The van der Waals surface area contributed by atoms with Gasteiger partial charge in [0.05, 0.1) is 0 Å². The summed E-state index contributed by atoms with van der Waals surface area (Å²) in [5.41, 5.74) is 7.17. The van der Waals surface area contributed by atoms with Crippen LogP contribution in [0.1, 0.15) is 0 Å². The first-order valence-electron chi connectivity index (χ1n) is 5.15. The van der Waals surface area contributed by atoms with Gasteiger partial charge in [0.2, 0.25) is 5.91 Å². The summed E-state index contributed by atoms with van der Waals surface area (Å²) in [5.74, 6) is 0.440. The molecule has 0 atom stereocenters. The number of hydrogen-bond donors (Lipinski definition) is 2. The van der Waals surface area contributed by atoms with Crippen LogP contribution in [-0.4, -0.2) is 27.7 Å². The summed E-state index contributed by atoms with van der Waals surface area (Å²) >= 11 is 0. The minimum absolute atomic E-state index is 0.117. The van der Waals surface area contributed by atoms with Crippen molar-refractivity contribution in [2.24, 2.45) is 0 Å². The predicted octanol–water partition coefficient (Wildman–Crippen LogP) is 0.273. The smallest absolute Gasteiger partial charge is 0.241 e. The lowest BCUT2D eigenvalue weighted by atomic mass is 10.2. The average Bonchev–Trinajstić information content (AvgIpc) is 2.77. The van der Waals surface area contributed by atoms with Gasteiger partial charge >= 0.3 is 0 Å². The normalized spacial score (nSPS) is 10.2. The van der Waals surface area contributed by atoms with Crippen molar-refractivity contribution in [3.63, 3.8) is 0 Å². The lowest BCUT2D eigenvalue weighted by Crippen LogP contribution is -2.23. The van der Waals surface area contributed by atoms with Crippen LogP contribution in [0, 0.1) is 0 Å². The molecule has 0 bridgehead atoms. The zero-order valence-electron chi connectivity index (χ0n) is 9.42. The summed E-state index contributed by atoms with van der Waals surface area (Å²) in [5, 5.41) is 6.72. The first-order valence-corrected chi connectivity index (χ1v) is 5.15. The zero-order valence-corrected chi connectivity index (χ0v) is 9.42. The van der Waals surface area contributed by atoms with Crippen LogP contribution in [0.15, 0.2) is 30.6 Å². The van der Waals surface area contributed by atoms with Gasteiger partial charge in [-0.2, -0.15) is 5.10 Å². The molecule has 6 heteroatoms. The van der Waals surface area contributed by atoms with Crippen LogP contribution >= 0.6 is 0 Å². The van der Waals surface area contributed by atoms with Gasteiger partial charge in [-0.3, -0.25) is 4.79 Å². The molecule has 0 saturated heterocycles. The number of hydrogen-bond acceptors (Lipinski definition) is 4. The molecular weight excluding hydrogens is 218 g/mol. The number of likely N-dealkylation sites (N-methyl/N-ethyl adjacent to an activating group) is 1. The number of nitrogen functional groups attached to an aromatic ring is 1. The third kappa shape index (κ3) is 2.60. The van der Waals surface area contributed by atoms with Gasteiger partial charge in [-0.25, -0.2) is 9.67 Å². The quantitative estimate of drug-likeness (QED) is 0.742. The lowest BCUT2D eigenvalue weighted by Gasteiger charge is -1.99. The van der Waals surface area contributed by atoms with E-state index < -0.39 is 0 Å². The number of carbonyl (C=O) groups is 1. The van der Waals surface area contributed by atoms with Crippen LogP contribution in [0.3, 0.4) is 0 Å².